The Bertz CT molecular complexity index is 322. The van der Waals surface area contributed by atoms with Crippen LogP contribution >= 0.6 is 11.8 Å². The molecule has 2 amide bonds. The first-order valence-corrected chi connectivity index (χ1v) is 8.27. The molecule has 1 aliphatic rings. The van der Waals surface area contributed by atoms with Crippen LogP contribution in [0.3, 0.4) is 0 Å². The molecule has 1 fully saturated rings. The molecule has 0 aromatic rings. The average molecular weight is 303 g/mol. The van der Waals surface area contributed by atoms with Crippen molar-refractivity contribution in [2.75, 3.05) is 37.7 Å². The topological polar surface area (TPSA) is 81.7 Å². The molecule has 2 atom stereocenters. The highest BCUT2D eigenvalue weighted by molar-refractivity contribution is 7.99. The van der Waals surface area contributed by atoms with Crippen LogP contribution in [-0.4, -0.2) is 65.7 Å². The Labute approximate surface area is 124 Å². The SMILES string of the molecule is CCC(C)C(NC(=O)NCCN1CCSCC1)C(=O)O. The highest BCUT2D eigenvalue weighted by atomic mass is 32.2. The number of carboxylic acids is 1. The van der Waals surface area contributed by atoms with Gasteiger partial charge in [-0.25, -0.2) is 9.59 Å². The van der Waals surface area contributed by atoms with Crippen LogP contribution in [0.4, 0.5) is 4.79 Å². The molecule has 0 aromatic heterocycles. The highest BCUT2D eigenvalue weighted by Crippen LogP contribution is 2.08. The maximum atomic E-state index is 11.7. The van der Waals surface area contributed by atoms with E-state index >= 15 is 0 Å². The van der Waals surface area contributed by atoms with Crippen LogP contribution in [0, 0.1) is 5.92 Å². The largest absolute Gasteiger partial charge is 0.480 e. The van der Waals surface area contributed by atoms with E-state index in [0.717, 1.165) is 31.1 Å². The summed E-state index contributed by atoms with van der Waals surface area (Å²) in [5.41, 5.74) is 0. The lowest BCUT2D eigenvalue weighted by atomic mass is 9.99. The molecule has 0 aromatic carbocycles. The molecule has 1 saturated heterocycles. The Morgan fingerprint density at radius 3 is 2.55 bits per heavy atom. The van der Waals surface area contributed by atoms with E-state index in [-0.39, 0.29) is 5.92 Å². The molecule has 116 valence electrons. The Hall–Kier alpha value is -0.950. The van der Waals surface area contributed by atoms with E-state index in [1.54, 1.807) is 0 Å². The molecule has 2 unspecified atom stereocenters. The number of carbonyl (C=O) groups is 2. The standard InChI is InChI=1S/C13H25N3O3S/c1-3-10(2)11(12(17)18)15-13(19)14-4-5-16-6-8-20-9-7-16/h10-11H,3-9H2,1-2H3,(H,17,18)(H2,14,15,19). The van der Waals surface area contributed by atoms with Crippen LogP contribution in [0.5, 0.6) is 0 Å². The van der Waals surface area contributed by atoms with Gasteiger partial charge in [-0.3, -0.25) is 4.90 Å². The molecule has 6 nitrogen and oxygen atoms in total. The number of amides is 2. The number of urea groups is 1. The molecule has 1 aliphatic heterocycles. The lowest BCUT2D eigenvalue weighted by molar-refractivity contribution is -0.140. The van der Waals surface area contributed by atoms with Crippen molar-refractivity contribution < 1.29 is 14.7 Å². The van der Waals surface area contributed by atoms with Crippen molar-refractivity contribution in [3.8, 4) is 0 Å². The van der Waals surface area contributed by atoms with E-state index in [1.165, 1.54) is 0 Å². The third-order valence-corrected chi connectivity index (χ3v) is 4.53. The number of aliphatic carboxylic acids is 1. The quantitative estimate of drug-likeness (QED) is 0.649. The number of thioether (sulfide) groups is 1. The second-order valence-corrected chi connectivity index (χ2v) is 6.28. The van der Waals surface area contributed by atoms with E-state index in [4.69, 9.17) is 5.11 Å². The number of nitrogens with zero attached hydrogens (tertiary/aromatic N) is 1. The van der Waals surface area contributed by atoms with E-state index in [2.05, 4.69) is 15.5 Å². The Morgan fingerprint density at radius 1 is 1.35 bits per heavy atom. The molecule has 0 bridgehead atoms. The molecule has 7 heteroatoms. The van der Waals surface area contributed by atoms with Crippen LogP contribution in [-0.2, 0) is 4.79 Å². The molecular weight excluding hydrogens is 278 g/mol. The van der Waals surface area contributed by atoms with Crippen molar-refractivity contribution in [3.63, 3.8) is 0 Å². The van der Waals surface area contributed by atoms with Crippen molar-refractivity contribution >= 4 is 23.8 Å². The van der Waals surface area contributed by atoms with Gasteiger partial charge in [-0.05, 0) is 5.92 Å². The Balaban J connectivity index is 2.25. The third-order valence-electron chi connectivity index (χ3n) is 3.58. The van der Waals surface area contributed by atoms with Gasteiger partial charge in [-0.15, -0.1) is 0 Å². The highest BCUT2D eigenvalue weighted by Gasteiger charge is 2.25. The lowest BCUT2D eigenvalue weighted by Crippen LogP contribution is -2.50. The molecule has 0 saturated carbocycles. The molecule has 3 N–H and O–H groups in total. The number of carboxylic acid groups (broad SMARTS) is 1. The molecule has 20 heavy (non-hydrogen) atoms. The smallest absolute Gasteiger partial charge is 0.326 e. The van der Waals surface area contributed by atoms with Gasteiger partial charge in [0.1, 0.15) is 6.04 Å². The van der Waals surface area contributed by atoms with Gasteiger partial charge in [0.05, 0.1) is 0 Å². The summed E-state index contributed by atoms with van der Waals surface area (Å²) >= 11 is 1.95. The zero-order valence-corrected chi connectivity index (χ0v) is 13.0. The number of hydrogen-bond donors (Lipinski definition) is 3. The number of rotatable bonds is 7. The van der Waals surface area contributed by atoms with Crippen molar-refractivity contribution in [3.05, 3.63) is 0 Å². The summed E-state index contributed by atoms with van der Waals surface area (Å²) in [5, 5.41) is 14.4. The normalized spacial score (nSPS) is 19.1. The predicted octanol–water partition coefficient (Wildman–Crippen LogP) is 0.834. The summed E-state index contributed by atoms with van der Waals surface area (Å²) in [5.74, 6) is 1.21. The first-order chi connectivity index (χ1) is 9.54. The monoisotopic (exact) mass is 303 g/mol. The fourth-order valence-electron chi connectivity index (χ4n) is 2.03. The lowest BCUT2D eigenvalue weighted by Gasteiger charge is -2.26. The molecular formula is C13H25N3O3S. The van der Waals surface area contributed by atoms with Gasteiger partial charge < -0.3 is 15.7 Å². The number of hydrogen-bond acceptors (Lipinski definition) is 4. The summed E-state index contributed by atoms with van der Waals surface area (Å²) in [6.45, 7) is 7.20. The fourth-order valence-corrected chi connectivity index (χ4v) is 3.01. The van der Waals surface area contributed by atoms with E-state index < -0.39 is 18.0 Å². The molecule has 0 spiro atoms. The molecule has 0 radical (unpaired) electrons. The van der Waals surface area contributed by atoms with Crippen molar-refractivity contribution in [2.24, 2.45) is 5.92 Å². The van der Waals surface area contributed by atoms with E-state index in [1.807, 2.05) is 25.6 Å². The predicted molar refractivity (Wildman–Crippen MR) is 81.2 cm³/mol. The fraction of sp³-hybridized carbons (Fsp3) is 0.846. The summed E-state index contributed by atoms with van der Waals surface area (Å²) in [6, 6.07) is -1.23. The summed E-state index contributed by atoms with van der Waals surface area (Å²) in [7, 11) is 0. The van der Waals surface area contributed by atoms with Gasteiger partial charge in [-0.2, -0.15) is 11.8 Å². The minimum atomic E-state index is -0.984. The maximum Gasteiger partial charge on any atom is 0.326 e. The first kappa shape index (κ1) is 17.1. The zero-order valence-electron chi connectivity index (χ0n) is 12.2. The maximum absolute atomic E-state index is 11.7. The molecule has 1 rings (SSSR count). The average Bonchev–Trinajstić information content (AvgIpc) is 2.45. The van der Waals surface area contributed by atoms with Crippen molar-refractivity contribution in [1.82, 2.24) is 15.5 Å². The van der Waals surface area contributed by atoms with E-state index in [0.29, 0.717) is 13.0 Å². The molecule has 1 heterocycles. The summed E-state index contributed by atoms with van der Waals surface area (Å²) in [6.07, 6.45) is 0.711. The van der Waals surface area contributed by atoms with E-state index in [9.17, 15) is 9.59 Å². The number of carbonyl (C=O) groups excluding carboxylic acids is 1. The first-order valence-electron chi connectivity index (χ1n) is 7.11. The third kappa shape index (κ3) is 6.00. The van der Waals surface area contributed by atoms with Gasteiger partial charge in [0.25, 0.3) is 0 Å². The van der Waals surface area contributed by atoms with Crippen molar-refractivity contribution in [1.29, 1.82) is 0 Å². The van der Waals surface area contributed by atoms with Gasteiger partial charge in [0.2, 0.25) is 0 Å². The second-order valence-electron chi connectivity index (χ2n) is 5.06. The van der Waals surface area contributed by atoms with Crippen LogP contribution in [0.1, 0.15) is 20.3 Å². The minimum Gasteiger partial charge on any atom is -0.480 e. The summed E-state index contributed by atoms with van der Waals surface area (Å²) in [4.78, 5) is 25.1. The van der Waals surface area contributed by atoms with Crippen LogP contribution in [0.15, 0.2) is 0 Å². The van der Waals surface area contributed by atoms with Gasteiger partial charge >= 0.3 is 12.0 Å². The van der Waals surface area contributed by atoms with Gasteiger partial charge in [-0.1, -0.05) is 20.3 Å². The number of nitrogens with one attached hydrogen (secondary N) is 2. The zero-order chi connectivity index (χ0) is 15.0. The Kier molecular flexibility index (Phi) is 7.76. The van der Waals surface area contributed by atoms with Gasteiger partial charge in [0, 0.05) is 37.7 Å². The van der Waals surface area contributed by atoms with Gasteiger partial charge in [0.15, 0.2) is 0 Å². The second kappa shape index (κ2) is 9.07. The van der Waals surface area contributed by atoms with Crippen molar-refractivity contribution in [2.45, 2.75) is 26.3 Å². The summed E-state index contributed by atoms with van der Waals surface area (Å²) < 4.78 is 0. The van der Waals surface area contributed by atoms with Crippen LogP contribution in [0.2, 0.25) is 0 Å². The Morgan fingerprint density at radius 2 is 2.00 bits per heavy atom. The molecule has 0 aliphatic carbocycles. The minimum absolute atomic E-state index is 0.0858. The van der Waals surface area contributed by atoms with Crippen LogP contribution in [0.25, 0.3) is 0 Å². The van der Waals surface area contributed by atoms with Crippen LogP contribution < -0.4 is 10.6 Å².